The predicted molar refractivity (Wildman–Crippen MR) is 145 cm³/mol. The summed E-state index contributed by atoms with van der Waals surface area (Å²) in [7, 11) is 0. The molecule has 0 amide bonds. The zero-order chi connectivity index (χ0) is 28.9. The summed E-state index contributed by atoms with van der Waals surface area (Å²) in [5.74, 6) is -5.09. The standard InChI is InChI=1S/C26H24F6N6O2.3ClH/c1-2-22-33-15-37(35-22)12-25(39,20-9-6-18(27)11-21(20)28)13-38-16-34-23(36-38)10-5-17-3-7-19(8-4-17)40-14-26(31,32)24(29)30;;;/h3-11,15-16,24,39H,2,12-14H2,1H3;3*1H/b10-5-;;;/t25-;;;/m0.../s1. The van der Waals surface area contributed by atoms with Crippen molar-refractivity contribution < 1.29 is 53.3 Å². The number of ether oxygens (including phenoxy) is 1. The molecule has 0 bridgehead atoms. The summed E-state index contributed by atoms with van der Waals surface area (Å²) in [5.41, 5.74) is -1.40. The summed E-state index contributed by atoms with van der Waals surface area (Å²) in [6, 6.07) is 8.64. The summed E-state index contributed by atoms with van der Waals surface area (Å²) < 4.78 is 86.4. The van der Waals surface area contributed by atoms with Crippen LogP contribution in [0.1, 0.15) is 29.7 Å². The molecule has 4 rings (SSSR count). The topological polar surface area (TPSA) is 92.7 Å². The molecule has 2 heterocycles. The van der Waals surface area contributed by atoms with E-state index in [1.54, 1.807) is 6.08 Å². The minimum atomic E-state index is -4.26. The van der Waals surface area contributed by atoms with E-state index in [1.165, 1.54) is 58.4 Å². The maximum atomic E-state index is 14.7. The van der Waals surface area contributed by atoms with Crippen LogP contribution in [0.15, 0.2) is 55.1 Å². The Bertz CT molecular complexity index is 1470. The zero-order valence-electron chi connectivity index (χ0n) is 22.3. The zero-order valence-corrected chi connectivity index (χ0v) is 24.7. The lowest BCUT2D eigenvalue weighted by Crippen LogP contribution is -3.00. The Morgan fingerprint density at radius 2 is 1.77 bits per heavy atom. The highest BCUT2D eigenvalue weighted by atomic mass is 35.5. The van der Waals surface area contributed by atoms with Crippen molar-refractivity contribution in [3.63, 3.8) is 0 Å². The maximum Gasteiger partial charge on any atom is 0.340 e. The van der Waals surface area contributed by atoms with Gasteiger partial charge in [0.1, 0.15) is 30.3 Å². The average Bonchev–Trinajstić information content (AvgIpc) is 3.55. The number of aliphatic hydroxyl groups is 1. The quantitative estimate of drug-likeness (QED) is 0.177. The molecule has 0 aliphatic rings. The fourth-order valence-electron chi connectivity index (χ4n) is 3.80. The Hall–Kier alpha value is -3.33. The monoisotopic (exact) mass is 674 g/mol. The van der Waals surface area contributed by atoms with Gasteiger partial charge in [0, 0.05) is 18.1 Å². The van der Waals surface area contributed by atoms with Gasteiger partial charge in [-0.25, -0.2) is 27.2 Å². The molecule has 0 fully saturated rings. The number of benzene rings is 2. The van der Waals surface area contributed by atoms with Crippen LogP contribution in [0.3, 0.4) is 0 Å². The number of H-pyrrole nitrogens is 1. The Kier molecular flexibility index (Phi) is 14.0. The van der Waals surface area contributed by atoms with Gasteiger partial charge in [-0.1, -0.05) is 31.2 Å². The van der Waals surface area contributed by atoms with E-state index in [9.17, 15) is 31.4 Å². The molecule has 0 radical (unpaired) electrons. The third-order valence-corrected chi connectivity index (χ3v) is 5.86. The van der Waals surface area contributed by atoms with Crippen LogP contribution in [-0.2, 0) is 25.1 Å². The lowest BCUT2D eigenvalue weighted by atomic mass is 9.93. The lowest BCUT2D eigenvalue weighted by molar-refractivity contribution is -0.765. The number of nitrogens with one attached hydrogen (secondary N) is 1. The van der Waals surface area contributed by atoms with Crippen LogP contribution in [0.5, 0.6) is 5.75 Å². The van der Waals surface area contributed by atoms with E-state index in [1.807, 2.05) is 6.92 Å². The van der Waals surface area contributed by atoms with Gasteiger partial charge in [0.25, 0.3) is 5.82 Å². The Morgan fingerprint density at radius 1 is 1.07 bits per heavy atom. The molecule has 8 nitrogen and oxygen atoms in total. The molecular weight excluding hydrogens is 649 g/mol. The molecule has 0 saturated heterocycles. The Labute approximate surface area is 261 Å². The van der Waals surface area contributed by atoms with Crippen LogP contribution >= 0.6 is 24.8 Å². The van der Waals surface area contributed by atoms with Gasteiger partial charge in [-0.15, -0.1) is 24.8 Å². The van der Waals surface area contributed by atoms with Crippen molar-refractivity contribution in [2.24, 2.45) is 0 Å². The van der Waals surface area contributed by atoms with Crippen molar-refractivity contribution in [2.75, 3.05) is 6.61 Å². The number of hydrogen-bond acceptors (Lipinski definition) is 5. The molecule has 2 aromatic carbocycles. The predicted octanol–water partition coefficient (Wildman–Crippen LogP) is 2.01. The molecule has 0 spiro atoms. The van der Waals surface area contributed by atoms with Crippen molar-refractivity contribution in [3.05, 3.63) is 89.5 Å². The summed E-state index contributed by atoms with van der Waals surface area (Å²) in [6.45, 7) is 0.0538. The first-order valence-electron chi connectivity index (χ1n) is 12.0. The van der Waals surface area contributed by atoms with E-state index in [2.05, 4.69) is 20.2 Å². The normalized spacial score (nSPS) is 12.8. The summed E-state index contributed by atoms with van der Waals surface area (Å²) in [6.07, 6.45) is 2.72. The molecule has 0 aliphatic carbocycles. The van der Waals surface area contributed by atoms with E-state index in [4.69, 9.17) is 4.74 Å². The second-order valence-electron chi connectivity index (χ2n) is 8.99. The fraction of sp³-hybridized carbons (Fsp3) is 0.308. The highest BCUT2D eigenvalue weighted by Crippen LogP contribution is 2.27. The molecule has 0 saturated carbocycles. The van der Waals surface area contributed by atoms with Crippen molar-refractivity contribution in [2.45, 2.75) is 44.4 Å². The molecule has 2 aromatic heterocycles. The number of rotatable bonds is 12. The van der Waals surface area contributed by atoms with Gasteiger partial charge in [0.2, 0.25) is 0 Å². The van der Waals surface area contributed by atoms with Crippen LogP contribution in [0, 0.1) is 11.6 Å². The van der Waals surface area contributed by atoms with Crippen LogP contribution in [0.4, 0.5) is 26.3 Å². The molecule has 236 valence electrons. The second kappa shape index (κ2) is 15.9. The number of aromatic amines is 1. The molecule has 2 N–H and O–H groups in total. The molecule has 43 heavy (non-hydrogen) atoms. The van der Waals surface area contributed by atoms with E-state index in [0.29, 0.717) is 23.9 Å². The van der Waals surface area contributed by atoms with Gasteiger partial charge in [-0.05, 0) is 34.8 Å². The Balaban J connectivity index is 0.00000308. The first kappa shape index (κ1) is 37.7. The fourth-order valence-corrected chi connectivity index (χ4v) is 3.80. The minimum Gasteiger partial charge on any atom is -1.00 e. The van der Waals surface area contributed by atoms with Crippen molar-refractivity contribution in [1.29, 1.82) is 0 Å². The number of nitrogens with zero attached hydrogens (tertiary/aromatic N) is 5. The molecule has 0 unspecified atom stereocenters. The highest BCUT2D eigenvalue weighted by Gasteiger charge is 2.41. The smallest absolute Gasteiger partial charge is 0.340 e. The van der Waals surface area contributed by atoms with E-state index in [-0.39, 0.29) is 67.4 Å². The van der Waals surface area contributed by atoms with E-state index < -0.39 is 36.2 Å². The van der Waals surface area contributed by atoms with Gasteiger partial charge < -0.3 is 22.3 Å². The van der Waals surface area contributed by atoms with Crippen LogP contribution < -0.4 is 21.8 Å². The Morgan fingerprint density at radius 3 is 2.37 bits per heavy atom. The summed E-state index contributed by atoms with van der Waals surface area (Å²) in [5, 5.41) is 18.8. The minimum absolute atomic E-state index is 0. The van der Waals surface area contributed by atoms with Gasteiger partial charge >= 0.3 is 18.7 Å². The van der Waals surface area contributed by atoms with Gasteiger partial charge in [0.15, 0.2) is 18.0 Å². The summed E-state index contributed by atoms with van der Waals surface area (Å²) >= 11 is 0. The van der Waals surface area contributed by atoms with Gasteiger partial charge in [-0.2, -0.15) is 23.7 Å². The van der Waals surface area contributed by atoms with Crippen molar-refractivity contribution in [1.82, 2.24) is 24.8 Å². The third kappa shape index (κ3) is 9.85. The molecular formula is C26H27Cl3F6N6O2. The lowest BCUT2D eigenvalue weighted by Gasteiger charge is -2.26. The number of hydrogen-bond donors (Lipinski definition) is 2. The van der Waals surface area contributed by atoms with Crippen molar-refractivity contribution >= 4 is 37.0 Å². The van der Waals surface area contributed by atoms with Crippen LogP contribution in [0.2, 0.25) is 0 Å². The third-order valence-electron chi connectivity index (χ3n) is 5.86. The highest BCUT2D eigenvalue weighted by molar-refractivity contribution is 5.85. The first-order valence-corrected chi connectivity index (χ1v) is 12.0. The average molecular weight is 676 g/mol. The molecule has 0 aliphatic heterocycles. The SMILES string of the molecule is CCc1nc[n+](C[C@](O)(Cn2cnc(/C=C\c3ccc(OCC(F)(F)C(F)F)cc3)n2)c2ccc(F)cc2F)[nH]1.Cl.Cl.[Cl-]. The number of aryl methyl sites for hydroxylation is 1. The first-order chi connectivity index (χ1) is 19.0. The van der Waals surface area contributed by atoms with Crippen molar-refractivity contribution in [3.8, 4) is 5.75 Å². The molecule has 1 atom stereocenters. The number of aromatic nitrogens is 6. The number of halogens is 9. The van der Waals surface area contributed by atoms with E-state index >= 15 is 0 Å². The van der Waals surface area contributed by atoms with E-state index in [0.717, 1.165) is 6.07 Å². The largest absolute Gasteiger partial charge is 1.00 e. The molecule has 17 heteroatoms. The van der Waals surface area contributed by atoms with Crippen LogP contribution in [0.25, 0.3) is 12.2 Å². The molecule has 4 aromatic rings. The van der Waals surface area contributed by atoms with Gasteiger partial charge in [-0.3, -0.25) is 0 Å². The number of alkyl halides is 4. The maximum absolute atomic E-state index is 14.7. The second-order valence-corrected chi connectivity index (χ2v) is 8.99. The van der Waals surface area contributed by atoms with Gasteiger partial charge in [0.05, 0.1) is 6.54 Å². The summed E-state index contributed by atoms with van der Waals surface area (Å²) in [4.78, 5) is 8.33. The van der Waals surface area contributed by atoms with Crippen LogP contribution in [-0.4, -0.2) is 48.9 Å².